The summed E-state index contributed by atoms with van der Waals surface area (Å²) < 4.78 is 0. The van der Waals surface area contributed by atoms with Crippen molar-refractivity contribution in [2.24, 2.45) is 38.9 Å². The topological polar surface area (TPSA) is 65.2 Å². The molecule has 4 rings (SSSR count). The fraction of sp³-hybridized carbons (Fsp3) is 0.684. The van der Waals surface area contributed by atoms with Crippen LogP contribution in [0.4, 0.5) is 0 Å². The number of nitrogens with zero attached hydrogens (tertiary/aromatic N) is 2. The summed E-state index contributed by atoms with van der Waals surface area (Å²) in [6.45, 7) is 4.68. The normalized spacial score (nSPS) is 48.8. The summed E-state index contributed by atoms with van der Waals surface area (Å²) in [6, 6.07) is 0. The number of allylic oxidation sites excluding steroid dienone is 4. The third kappa shape index (κ3) is 1.90. The van der Waals surface area contributed by atoms with E-state index in [0.717, 1.165) is 25.0 Å². The average Bonchev–Trinajstić information content (AvgIpc) is 2.90. The predicted molar refractivity (Wildman–Crippen MR) is 90.1 cm³/mol. The van der Waals surface area contributed by atoms with Gasteiger partial charge in [0, 0.05) is 10.8 Å². The molecular weight excluding hydrogens is 288 g/mol. The van der Waals surface area contributed by atoms with Gasteiger partial charge in [-0.25, -0.2) is 0 Å². The molecule has 0 amide bonds. The van der Waals surface area contributed by atoms with Crippen molar-refractivity contribution in [3.8, 4) is 0 Å². The molecule has 0 radical (unpaired) electrons. The van der Waals surface area contributed by atoms with Crippen molar-refractivity contribution in [1.82, 2.24) is 0 Å². The van der Waals surface area contributed by atoms with Gasteiger partial charge in [0.2, 0.25) is 0 Å². The molecule has 4 aliphatic rings. The molecule has 0 aromatic rings. The van der Waals surface area contributed by atoms with Crippen molar-refractivity contribution in [3.63, 3.8) is 0 Å². The van der Waals surface area contributed by atoms with Crippen molar-refractivity contribution in [3.05, 3.63) is 23.8 Å². The maximum absolute atomic E-state index is 9.39. The molecule has 23 heavy (non-hydrogen) atoms. The Balaban J connectivity index is 1.70. The number of hydrogen-bond acceptors (Lipinski definition) is 4. The first-order chi connectivity index (χ1) is 11.0. The summed E-state index contributed by atoms with van der Waals surface area (Å²) >= 11 is 0. The van der Waals surface area contributed by atoms with E-state index in [1.807, 2.05) is 6.08 Å². The Labute approximate surface area is 137 Å². The van der Waals surface area contributed by atoms with Gasteiger partial charge in [-0.1, -0.05) is 35.8 Å². The smallest absolute Gasteiger partial charge is 0.102 e. The highest BCUT2D eigenvalue weighted by molar-refractivity contribution is 6.05. The quantitative estimate of drug-likeness (QED) is 0.514. The van der Waals surface area contributed by atoms with Crippen LogP contribution in [0, 0.1) is 28.6 Å². The van der Waals surface area contributed by atoms with Crippen LogP contribution in [-0.2, 0) is 0 Å². The predicted octanol–water partition coefficient (Wildman–Crippen LogP) is 4.39. The maximum Gasteiger partial charge on any atom is 0.102 e. The van der Waals surface area contributed by atoms with Gasteiger partial charge in [0.05, 0.1) is 5.71 Å². The van der Waals surface area contributed by atoms with Crippen molar-refractivity contribution in [2.45, 2.75) is 52.4 Å². The molecular formula is C19H26N2O2. The first-order valence-electron chi connectivity index (χ1n) is 8.86. The minimum Gasteiger partial charge on any atom is -0.411 e. The van der Waals surface area contributed by atoms with Gasteiger partial charge in [0.15, 0.2) is 0 Å². The van der Waals surface area contributed by atoms with E-state index in [1.165, 1.54) is 24.8 Å². The summed E-state index contributed by atoms with van der Waals surface area (Å²) in [5.41, 5.74) is 3.32. The van der Waals surface area contributed by atoms with Gasteiger partial charge >= 0.3 is 0 Å². The lowest BCUT2D eigenvalue weighted by Crippen LogP contribution is -2.49. The Kier molecular flexibility index (Phi) is 3.23. The van der Waals surface area contributed by atoms with Gasteiger partial charge in [-0.3, -0.25) is 0 Å². The number of oxime groups is 2. The Bertz CT molecular complexity index is 648. The van der Waals surface area contributed by atoms with E-state index in [-0.39, 0.29) is 10.8 Å². The van der Waals surface area contributed by atoms with Gasteiger partial charge in [-0.05, 0) is 68.4 Å². The van der Waals surface area contributed by atoms with Crippen LogP contribution in [0.1, 0.15) is 52.4 Å². The van der Waals surface area contributed by atoms with Crippen LogP contribution in [0.25, 0.3) is 0 Å². The lowest BCUT2D eigenvalue weighted by molar-refractivity contribution is 0.00597. The molecule has 0 unspecified atom stereocenters. The molecule has 0 aromatic carbocycles. The van der Waals surface area contributed by atoms with Crippen molar-refractivity contribution in [1.29, 1.82) is 0 Å². The number of hydrogen-bond donors (Lipinski definition) is 2. The van der Waals surface area contributed by atoms with Crippen molar-refractivity contribution in [2.75, 3.05) is 0 Å². The van der Waals surface area contributed by atoms with Crippen LogP contribution in [-0.4, -0.2) is 21.8 Å². The second-order valence-corrected chi connectivity index (χ2v) is 8.27. The van der Waals surface area contributed by atoms with Crippen molar-refractivity contribution >= 4 is 11.4 Å². The highest BCUT2D eigenvalue weighted by atomic mass is 16.4. The van der Waals surface area contributed by atoms with Crippen LogP contribution in [0.2, 0.25) is 0 Å². The molecule has 0 bridgehead atoms. The highest BCUT2D eigenvalue weighted by Gasteiger charge is 2.57. The Morgan fingerprint density at radius 1 is 1.04 bits per heavy atom. The molecule has 0 spiro atoms. The van der Waals surface area contributed by atoms with E-state index in [1.54, 1.807) is 0 Å². The largest absolute Gasteiger partial charge is 0.411 e. The van der Waals surface area contributed by atoms with Gasteiger partial charge in [0.1, 0.15) is 5.71 Å². The fourth-order valence-corrected chi connectivity index (χ4v) is 6.22. The zero-order valence-corrected chi connectivity index (χ0v) is 14.0. The second kappa shape index (κ2) is 4.96. The van der Waals surface area contributed by atoms with Gasteiger partial charge in [-0.2, -0.15) is 0 Å². The van der Waals surface area contributed by atoms with E-state index < -0.39 is 0 Å². The first kappa shape index (κ1) is 15.0. The Morgan fingerprint density at radius 2 is 1.87 bits per heavy atom. The standard InChI is InChI=1S/C19H26N2O2/c1-18-9-7-13(20-22)11-12(18)3-4-14-15-5-6-17(21-23)19(15,2)10-8-16(14)18/h7,9,11,14-16,22-23H,3-6,8,10H2,1-2H3/b20-13-,21-17-/t14-,15-,16-,18-,19-/m0/s1. The molecule has 4 heteroatoms. The zero-order valence-electron chi connectivity index (χ0n) is 14.0. The van der Waals surface area contributed by atoms with Crippen LogP contribution in [0.3, 0.4) is 0 Å². The molecule has 5 atom stereocenters. The minimum atomic E-state index is 0.0948. The Hall–Kier alpha value is -1.58. The van der Waals surface area contributed by atoms with Crippen LogP contribution >= 0.6 is 0 Å². The van der Waals surface area contributed by atoms with Gasteiger partial charge < -0.3 is 10.4 Å². The second-order valence-electron chi connectivity index (χ2n) is 8.27. The molecule has 0 saturated heterocycles. The summed E-state index contributed by atoms with van der Waals surface area (Å²) in [4.78, 5) is 0. The first-order valence-corrected chi connectivity index (χ1v) is 8.86. The summed E-state index contributed by atoms with van der Waals surface area (Å²) in [5.74, 6) is 1.99. The maximum atomic E-state index is 9.39. The monoisotopic (exact) mass is 314 g/mol. The number of fused-ring (bicyclic) bond motifs is 5. The van der Waals surface area contributed by atoms with E-state index >= 15 is 0 Å². The number of rotatable bonds is 0. The molecule has 2 N–H and O–H groups in total. The van der Waals surface area contributed by atoms with E-state index in [9.17, 15) is 5.21 Å². The van der Waals surface area contributed by atoms with Crippen LogP contribution < -0.4 is 0 Å². The zero-order chi connectivity index (χ0) is 16.2. The molecule has 4 nitrogen and oxygen atoms in total. The fourth-order valence-electron chi connectivity index (χ4n) is 6.22. The molecule has 124 valence electrons. The van der Waals surface area contributed by atoms with Crippen LogP contribution in [0.15, 0.2) is 34.1 Å². The third-order valence-corrected chi connectivity index (χ3v) is 7.55. The molecule has 3 saturated carbocycles. The molecule has 0 aromatic heterocycles. The van der Waals surface area contributed by atoms with E-state index in [4.69, 9.17) is 5.21 Å². The lowest BCUT2D eigenvalue weighted by Gasteiger charge is -2.56. The minimum absolute atomic E-state index is 0.0948. The average molecular weight is 314 g/mol. The molecule has 0 aliphatic heterocycles. The molecule has 0 heterocycles. The van der Waals surface area contributed by atoms with E-state index in [2.05, 4.69) is 36.3 Å². The van der Waals surface area contributed by atoms with Crippen LogP contribution in [0.5, 0.6) is 0 Å². The van der Waals surface area contributed by atoms with Gasteiger partial charge in [0.25, 0.3) is 0 Å². The molecule has 4 aliphatic carbocycles. The van der Waals surface area contributed by atoms with Gasteiger partial charge in [-0.15, -0.1) is 0 Å². The van der Waals surface area contributed by atoms with Crippen molar-refractivity contribution < 1.29 is 10.4 Å². The highest BCUT2D eigenvalue weighted by Crippen LogP contribution is 2.63. The third-order valence-electron chi connectivity index (χ3n) is 7.55. The summed E-state index contributed by atoms with van der Waals surface area (Å²) in [7, 11) is 0. The lowest BCUT2D eigenvalue weighted by atomic mass is 9.48. The summed E-state index contributed by atoms with van der Waals surface area (Å²) in [5, 5.41) is 25.5. The Morgan fingerprint density at radius 3 is 2.61 bits per heavy atom. The summed E-state index contributed by atoms with van der Waals surface area (Å²) in [6.07, 6.45) is 13.0. The van der Waals surface area contributed by atoms with E-state index in [0.29, 0.717) is 23.5 Å². The molecule has 3 fully saturated rings. The SMILES string of the molecule is C[C@]12C=C/C(=N/O)C=C1CC[C@@H]1[C@@H]2CC[C@]2(C)/C(=N\O)CC[C@@H]12.